The first kappa shape index (κ1) is 20.8. The highest BCUT2D eigenvalue weighted by atomic mass is 19.1. The Morgan fingerprint density at radius 1 is 1.23 bits per heavy atom. The van der Waals surface area contributed by atoms with Crippen molar-refractivity contribution in [1.82, 2.24) is 10.3 Å². The average molecular weight is 414 g/mol. The van der Waals surface area contributed by atoms with Crippen molar-refractivity contribution in [2.75, 3.05) is 11.9 Å². The van der Waals surface area contributed by atoms with Crippen LogP contribution in [0.1, 0.15) is 50.8 Å². The first-order chi connectivity index (χ1) is 14.3. The maximum absolute atomic E-state index is 16.0. The molecule has 1 aliphatic rings. The number of halogens is 2. The second-order valence-corrected chi connectivity index (χ2v) is 8.79. The number of para-hydroxylation sites is 1. The van der Waals surface area contributed by atoms with E-state index in [4.69, 9.17) is 0 Å². The summed E-state index contributed by atoms with van der Waals surface area (Å²) >= 11 is 0. The Morgan fingerprint density at radius 2 is 2.00 bits per heavy atom. The lowest BCUT2D eigenvalue weighted by molar-refractivity contribution is 0.0670. The molecule has 0 radical (unpaired) electrons. The summed E-state index contributed by atoms with van der Waals surface area (Å²) < 4.78 is 31.2. The summed E-state index contributed by atoms with van der Waals surface area (Å²) in [6, 6.07) is 6.19. The number of fused-ring (bicyclic) bond motifs is 2. The fourth-order valence-electron chi connectivity index (χ4n) is 4.44. The topological polar surface area (TPSA) is 60.1 Å². The number of H-pyrrole nitrogens is 1. The maximum Gasteiger partial charge on any atom is 0.140 e. The molecule has 0 amide bonds. The Hall–Kier alpha value is -2.44. The van der Waals surface area contributed by atoms with Crippen LogP contribution in [-0.4, -0.2) is 28.3 Å². The molecule has 160 valence electrons. The molecule has 30 heavy (non-hydrogen) atoms. The van der Waals surface area contributed by atoms with Gasteiger partial charge in [0.25, 0.3) is 0 Å². The standard InChI is InChI=1S/C24H29F2N3O/c1-5-6-10-27-22-19-17(29-24(3,4)23(22)30)11-16(25)18(20(19)26)15-9-7-8-14-13(2)12-28-21(14)15/h7-9,11-12,22-23,27-30H,5-6,10H2,1-4H3/t22-,23+/m0/s1. The van der Waals surface area contributed by atoms with Crippen molar-refractivity contribution >= 4 is 16.6 Å². The third-order valence-corrected chi connectivity index (χ3v) is 6.17. The van der Waals surface area contributed by atoms with E-state index in [1.54, 1.807) is 6.07 Å². The van der Waals surface area contributed by atoms with E-state index >= 15 is 8.78 Å². The van der Waals surface area contributed by atoms with Gasteiger partial charge in [0.05, 0.1) is 28.8 Å². The number of aryl methyl sites for hydroxylation is 1. The van der Waals surface area contributed by atoms with E-state index in [0.29, 0.717) is 23.3 Å². The van der Waals surface area contributed by atoms with Crippen LogP contribution in [0.2, 0.25) is 0 Å². The average Bonchev–Trinajstić information content (AvgIpc) is 3.07. The lowest BCUT2D eigenvalue weighted by Crippen LogP contribution is -2.54. The molecule has 1 aliphatic heterocycles. The molecule has 2 heterocycles. The first-order valence-corrected chi connectivity index (χ1v) is 10.5. The van der Waals surface area contributed by atoms with Crippen molar-refractivity contribution in [2.45, 2.75) is 58.2 Å². The van der Waals surface area contributed by atoms with Crippen molar-refractivity contribution < 1.29 is 13.9 Å². The number of benzene rings is 2. The van der Waals surface area contributed by atoms with Crippen LogP contribution < -0.4 is 10.6 Å². The number of aromatic nitrogens is 1. The van der Waals surface area contributed by atoms with Gasteiger partial charge in [0.2, 0.25) is 0 Å². The molecule has 0 saturated heterocycles. The lowest BCUT2D eigenvalue weighted by atomic mass is 9.81. The van der Waals surface area contributed by atoms with Crippen LogP contribution in [0.25, 0.3) is 22.0 Å². The summed E-state index contributed by atoms with van der Waals surface area (Å²) in [7, 11) is 0. The summed E-state index contributed by atoms with van der Waals surface area (Å²) in [6.45, 7) is 8.34. The maximum atomic E-state index is 16.0. The highest BCUT2D eigenvalue weighted by molar-refractivity contribution is 5.96. The molecule has 0 aliphatic carbocycles. The number of aliphatic hydroxyl groups excluding tert-OH is 1. The van der Waals surface area contributed by atoms with Crippen molar-refractivity contribution in [2.24, 2.45) is 0 Å². The molecule has 3 aromatic rings. The quantitative estimate of drug-likeness (QED) is 0.423. The van der Waals surface area contributed by atoms with Gasteiger partial charge < -0.3 is 20.7 Å². The second kappa shape index (κ2) is 7.67. The van der Waals surface area contributed by atoms with Crippen LogP contribution in [0, 0.1) is 18.6 Å². The smallest absolute Gasteiger partial charge is 0.140 e. The van der Waals surface area contributed by atoms with E-state index in [0.717, 1.165) is 23.8 Å². The Morgan fingerprint density at radius 3 is 2.73 bits per heavy atom. The van der Waals surface area contributed by atoms with Crippen LogP contribution in [0.15, 0.2) is 30.5 Å². The van der Waals surface area contributed by atoms with Gasteiger partial charge in [-0.25, -0.2) is 8.78 Å². The number of anilines is 1. The van der Waals surface area contributed by atoms with Gasteiger partial charge in [-0.05, 0) is 45.4 Å². The van der Waals surface area contributed by atoms with E-state index in [9.17, 15) is 5.11 Å². The summed E-state index contributed by atoms with van der Waals surface area (Å²) in [6.07, 6.45) is 2.85. The number of nitrogens with one attached hydrogen (secondary N) is 3. The number of hydrogen-bond acceptors (Lipinski definition) is 3. The molecule has 0 saturated carbocycles. The van der Waals surface area contributed by atoms with Crippen LogP contribution in [-0.2, 0) is 0 Å². The van der Waals surface area contributed by atoms with E-state index in [1.807, 2.05) is 39.1 Å². The molecule has 4 rings (SSSR count). The summed E-state index contributed by atoms with van der Waals surface area (Å²) in [4.78, 5) is 3.15. The molecule has 0 bridgehead atoms. The summed E-state index contributed by atoms with van der Waals surface area (Å²) in [5.41, 5.74) is 2.06. The van der Waals surface area contributed by atoms with Crippen molar-refractivity contribution in [1.29, 1.82) is 0 Å². The van der Waals surface area contributed by atoms with Crippen molar-refractivity contribution in [3.05, 3.63) is 53.2 Å². The third-order valence-electron chi connectivity index (χ3n) is 6.17. The minimum atomic E-state index is -0.877. The number of aliphatic hydroxyl groups is 1. The molecule has 4 N–H and O–H groups in total. The van der Waals surface area contributed by atoms with Crippen LogP contribution in [0.5, 0.6) is 0 Å². The molecular weight excluding hydrogens is 384 g/mol. The van der Waals surface area contributed by atoms with Crippen LogP contribution >= 0.6 is 0 Å². The fourth-order valence-corrected chi connectivity index (χ4v) is 4.44. The van der Waals surface area contributed by atoms with Crippen molar-refractivity contribution in [3.63, 3.8) is 0 Å². The van der Waals surface area contributed by atoms with Crippen LogP contribution in [0.4, 0.5) is 14.5 Å². The normalized spacial score (nSPS) is 20.2. The van der Waals surface area contributed by atoms with Gasteiger partial charge >= 0.3 is 0 Å². The molecule has 0 unspecified atom stereocenters. The van der Waals surface area contributed by atoms with E-state index < -0.39 is 29.3 Å². The molecule has 1 aromatic heterocycles. The van der Waals surface area contributed by atoms with Gasteiger partial charge in [-0.3, -0.25) is 0 Å². The monoisotopic (exact) mass is 413 g/mol. The molecule has 2 atom stereocenters. The van der Waals surface area contributed by atoms with Gasteiger partial charge in [0.15, 0.2) is 0 Å². The molecule has 4 nitrogen and oxygen atoms in total. The largest absolute Gasteiger partial charge is 0.389 e. The van der Waals surface area contributed by atoms with Gasteiger partial charge in [0, 0.05) is 28.4 Å². The van der Waals surface area contributed by atoms with Gasteiger partial charge in [-0.2, -0.15) is 0 Å². The molecule has 6 heteroatoms. The minimum absolute atomic E-state index is 0.0720. The van der Waals surface area contributed by atoms with Gasteiger partial charge in [-0.15, -0.1) is 0 Å². The Kier molecular flexibility index (Phi) is 5.32. The van der Waals surface area contributed by atoms with Gasteiger partial charge in [0.1, 0.15) is 11.6 Å². The first-order valence-electron chi connectivity index (χ1n) is 10.5. The Bertz CT molecular complexity index is 1090. The van der Waals surface area contributed by atoms with E-state index in [-0.39, 0.29) is 11.1 Å². The number of aromatic amines is 1. The zero-order valence-corrected chi connectivity index (χ0v) is 17.9. The van der Waals surface area contributed by atoms with Crippen molar-refractivity contribution in [3.8, 4) is 11.1 Å². The number of rotatable bonds is 5. The molecular formula is C24H29F2N3O. The third kappa shape index (κ3) is 3.28. The number of unbranched alkanes of at least 4 members (excludes halogenated alkanes) is 1. The predicted molar refractivity (Wildman–Crippen MR) is 118 cm³/mol. The zero-order chi connectivity index (χ0) is 21.6. The Balaban J connectivity index is 1.92. The second-order valence-electron chi connectivity index (χ2n) is 8.79. The Labute approximate surface area is 175 Å². The predicted octanol–water partition coefficient (Wildman–Crippen LogP) is 5.42. The highest BCUT2D eigenvalue weighted by Crippen LogP contribution is 2.44. The van der Waals surface area contributed by atoms with E-state index in [1.165, 1.54) is 6.07 Å². The summed E-state index contributed by atoms with van der Waals surface area (Å²) in [5, 5.41) is 18.3. The molecule has 0 fully saturated rings. The van der Waals surface area contributed by atoms with Crippen LogP contribution in [0.3, 0.4) is 0 Å². The lowest BCUT2D eigenvalue weighted by Gasteiger charge is -2.44. The number of hydrogen-bond donors (Lipinski definition) is 4. The SMILES string of the molecule is CCCCN[C@H]1c2c(cc(F)c(-c3cccc4c(C)c[nH]c34)c2F)NC(C)(C)[C@@H]1O. The molecule has 0 spiro atoms. The minimum Gasteiger partial charge on any atom is -0.389 e. The highest BCUT2D eigenvalue weighted by Gasteiger charge is 2.43. The fraction of sp³-hybridized carbons (Fsp3) is 0.417. The van der Waals surface area contributed by atoms with E-state index in [2.05, 4.69) is 22.5 Å². The molecule has 2 aromatic carbocycles. The zero-order valence-electron chi connectivity index (χ0n) is 17.9. The van der Waals surface area contributed by atoms with Gasteiger partial charge in [-0.1, -0.05) is 31.5 Å². The summed E-state index contributed by atoms with van der Waals surface area (Å²) in [5.74, 6) is -1.26.